The molecule has 4 N–H and O–H groups in total. The van der Waals surface area contributed by atoms with Crippen molar-refractivity contribution in [2.75, 3.05) is 6.61 Å². The number of aliphatic carboxylic acids is 1. The molecular weight excluding hydrogens is 440 g/mol. The zero-order valence-corrected chi connectivity index (χ0v) is 16.4. The number of carbonyl (C=O) groups is 1. The first-order valence-corrected chi connectivity index (χ1v) is 11.0. The van der Waals surface area contributed by atoms with Gasteiger partial charge in [-0.2, -0.15) is 16.8 Å². The molecule has 0 fully saturated rings. The monoisotopic (exact) mass is 452 g/mol. The molecule has 4 aromatic rings. The highest BCUT2D eigenvalue weighted by Crippen LogP contribution is 2.45. The zero-order chi connectivity index (χ0) is 22.0. The number of benzene rings is 4. The molecule has 0 atom stereocenters. The minimum Gasteiger partial charge on any atom is -0.507 e. The molecule has 0 aromatic heterocycles. The molecule has 0 saturated carbocycles. The Balaban J connectivity index is 2.28. The van der Waals surface area contributed by atoms with E-state index in [2.05, 4.69) is 0 Å². The third-order valence-electron chi connectivity index (χ3n) is 4.67. The lowest BCUT2D eigenvalue weighted by Gasteiger charge is -2.17. The molecule has 4 rings (SSSR count). The molecule has 0 saturated heterocycles. The van der Waals surface area contributed by atoms with E-state index >= 15 is 0 Å². The summed E-state index contributed by atoms with van der Waals surface area (Å²) in [6.45, 7) is -0.726. The summed E-state index contributed by atoms with van der Waals surface area (Å²) in [4.78, 5) is 9.35. The Bertz CT molecular complexity index is 1520. The van der Waals surface area contributed by atoms with Gasteiger partial charge in [-0.25, -0.2) is 4.79 Å². The van der Waals surface area contributed by atoms with Crippen LogP contribution in [-0.2, 0) is 25.0 Å². The third kappa shape index (κ3) is 3.06. The molecule has 4 aromatic carbocycles. The van der Waals surface area contributed by atoms with Crippen LogP contribution in [0.4, 0.5) is 0 Å². The van der Waals surface area contributed by atoms with Crippen molar-refractivity contribution in [2.24, 2.45) is 0 Å². The third-order valence-corrected chi connectivity index (χ3v) is 6.46. The van der Waals surface area contributed by atoms with Crippen LogP contribution in [0, 0.1) is 0 Å². The van der Waals surface area contributed by atoms with Gasteiger partial charge in [-0.1, -0.05) is 12.1 Å². The summed E-state index contributed by atoms with van der Waals surface area (Å²) in [5.41, 5.74) is 0. The standard InChI is InChI=1S/C18H12O10S2/c19-12-5-13(28-7-16(20)21)9-2-4-11-15(30(25,26)27)6-14(29(22,23)24)10-3-1-8(12)17(9)18(10)11/h1-6,19H,7H2,(H,20,21)(H,22,23,24)(H,25,26,27). The molecule has 10 nitrogen and oxygen atoms in total. The van der Waals surface area contributed by atoms with Gasteiger partial charge in [0, 0.05) is 38.4 Å². The van der Waals surface area contributed by atoms with Crippen LogP contribution >= 0.6 is 0 Å². The Morgan fingerprint density at radius 2 is 1.27 bits per heavy atom. The van der Waals surface area contributed by atoms with Gasteiger partial charge in [0.2, 0.25) is 0 Å². The number of hydrogen-bond acceptors (Lipinski definition) is 7. The van der Waals surface area contributed by atoms with Gasteiger partial charge in [0.1, 0.15) is 21.3 Å². The number of hydrogen-bond donors (Lipinski definition) is 4. The van der Waals surface area contributed by atoms with E-state index in [4.69, 9.17) is 9.84 Å². The molecule has 0 radical (unpaired) electrons. The topological polar surface area (TPSA) is 176 Å². The summed E-state index contributed by atoms with van der Waals surface area (Å²) < 4.78 is 72.1. The maximum atomic E-state index is 11.9. The van der Waals surface area contributed by atoms with E-state index < -0.39 is 42.6 Å². The summed E-state index contributed by atoms with van der Waals surface area (Å²) >= 11 is 0. The molecule has 0 bridgehead atoms. The smallest absolute Gasteiger partial charge is 0.341 e. The van der Waals surface area contributed by atoms with Gasteiger partial charge in [0.05, 0.1) is 0 Å². The van der Waals surface area contributed by atoms with Gasteiger partial charge in [-0.05, 0) is 18.2 Å². The van der Waals surface area contributed by atoms with E-state index in [9.17, 15) is 35.8 Å². The SMILES string of the molecule is O=C(O)COc1cc(O)c2ccc3c(S(=O)(=O)O)cc(S(=O)(=O)O)c4ccc1c2c34. The summed E-state index contributed by atoms with van der Waals surface area (Å²) in [7, 11) is -9.80. The summed E-state index contributed by atoms with van der Waals surface area (Å²) in [6.07, 6.45) is 0. The van der Waals surface area contributed by atoms with E-state index in [-0.39, 0.29) is 43.8 Å². The molecule has 0 aliphatic heterocycles. The highest BCUT2D eigenvalue weighted by atomic mass is 32.2. The van der Waals surface area contributed by atoms with Gasteiger partial charge in [0.25, 0.3) is 20.2 Å². The number of phenols is 1. The lowest BCUT2D eigenvalue weighted by Crippen LogP contribution is -2.10. The minimum atomic E-state index is -4.90. The molecule has 0 heterocycles. The predicted molar refractivity (Wildman–Crippen MR) is 105 cm³/mol. The first kappa shape index (κ1) is 20.1. The van der Waals surface area contributed by atoms with Crippen LogP contribution in [-0.4, -0.2) is 48.7 Å². The quantitative estimate of drug-likeness (QED) is 0.259. The van der Waals surface area contributed by atoms with Crippen molar-refractivity contribution in [1.82, 2.24) is 0 Å². The highest BCUT2D eigenvalue weighted by molar-refractivity contribution is 7.87. The zero-order valence-electron chi connectivity index (χ0n) is 14.7. The molecular formula is C18H12O10S2. The second kappa shape index (κ2) is 6.40. The fraction of sp³-hybridized carbons (Fsp3) is 0.0556. The fourth-order valence-electron chi connectivity index (χ4n) is 3.56. The maximum absolute atomic E-state index is 11.9. The van der Waals surface area contributed by atoms with Crippen molar-refractivity contribution in [3.05, 3.63) is 36.4 Å². The van der Waals surface area contributed by atoms with E-state index in [1.165, 1.54) is 30.3 Å². The summed E-state index contributed by atoms with van der Waals surface area (Å²) in [6, 6.07) is 7.14. The van der Waals surface area contributed by atoms with E-state index in [0.717, 1.165) is 0 Å². The van der Waals surface area contributed by atoms with Gasteiger partial charge in [-0.3, -0.25) is 9.11 Å². The lowest BCUT2D eigenvalue weighted by molar-refractivity contribution is -0.139. The Hall–Kier alpha value is -3.19. The van der Waals surface area contributed by atoms with Crippen molar-refractivity contribution in [2.45, 2.75) is 9.79 Å². The molecule has 156 valence electrons. The number of carboxylic acid groups (broad SMARTS) is 1. The van der Waals surface area contributed by atoms with Crippen LogP contribution in [0.5, 0.6) is 11.5 Å². The molecule has 0 spiro atoms. The molecule has 0 aliphatic rings. The van der Waals surface area contributed by atoms with Crippen LogP contribution in [0.3, 0.4) is 0 Å². The van der Waals surface area contributed by atoms with Crippen LogP contribution in [0.15, 0.2) is 46.2 Å². The minimum absolute atomic E-state index is 0.0174. The Kier molecular flexibility index (Phi) is 4.29. The predicted octanol–water partition coefficient (Wildman–Crippen LogP) is 2.25. The number of rotatable bonds is 5. The Labute approximate surface area is 168 Å². The van der Waals surface area contributed by atoms with Crippen molar-refractivity contribution in [3.63, 3.8) is 0 Å². The second-order valence-electron chi connectivity index (χ2n) is 6.47. The van der Waals surface area contributed by atoms with Crippen molar-refractivity contribution in [1.29, 1.82) is 0 Å². The van der Waals surface area contributed by atoms with Crippen LogP contribution in [0.25, 0.3) is 32.3 Å². The van der Waals surface area contributed by atoms with Crippen molar-refractivity contribution < 1.29 is 45.7 Å². The first-order chi connectivity index (χ1) is 13.9. The number of carboxylic acids is 1. The lowest BCUT2D eigenvalue weighted by atomic mass is 9.93. The molecule has 0 aliphatic carbocycles. The normalized spacial score (nSPS) is 12.7. The second-order valence-corrected chi connectivity index (χ2v) is 9.25. The largest absolute Gasteiger partial charge is 0.507 e. The van der Waals surface area contributed by atoms with Gasteiger partial charge >= 0.3 is 5.97 Å². The van der Waals surface area contributed by atoms with Gasteiger partial charge in [-0.15, -0.1) is 0 Å². The van der Waals surface area contributed by atoms with Crippen molar-refractivity contribution in [3.8, 4) is 11.5 Å². The van der Waals surface area contributed by atoms with E-state index in [1.807, 2.05) is 0 Å². The number of ether oxygens (including phenoxy) is 1. The number of aromatic hydroxyl groups is 1. The fourth-order valence-corrected chi connectivity index (χ4v) is 5.07. The highest BCUT2D eigenvalue weighted by Gasteiger charge is 2.26. The maximum Gasteiger partial charge on any atom is 0.341 e. The Morgan fingerprint density at radius 1 is 0.800 bits per heavy atom. The average molecular weight is 452 g/mol. The van der Waals surface area contributed by atoms with Crippen LogP contribution < -0.4 is 4.74 Å². The van der Waals surface area contributed by atoms with Crippen LogP contribution in [0.1, 0.15) is 0 Å². The number of phenolic OH excluding ortho intramolecular Hbond substituents is 1. The summed E-state index contributed by atoms with van der Waals surface area (Å²) in [5.74, 6) is -1.65. The molecule has 30 heavy (non-hydrogen) atoms. The van der Waals surface area contributed by atoms with Crippen LogP contribution in [0.2, 0.25) is 0 Å². The average Bonchev–Trinajstić information content (AvgIpc) is 2.63. The Morgan fingerprint density at radius 3 is 1.77 bits per heavy atom. The van der Waals surface area contributed by atoms with Gasteiger partial charge in [0.15, 0.2) is 6.61 Å². The van der Waals surface area contributed by atoms with Gasteiger partial charge < -0.3 is 14.9 Å². The van der Waals surface area contributed by atoms with Crippen molar-refractivity contribution >= 4 is 58.5 Å². The van der Waals surface area contributed by atoms with E-state index in [1.54, 1.807) is 0 Å². The van der Waals surface area contributed by atoms with E-state index in [0.29, 0.717) is 6.07 Å². The molecule has 12 heteroatoms. The molecule has 0 amide bonds. The summed E-state index contributed by atoms with van der Waals surface area (Å²) in [5, 5.41) is 19.8. The molecule has 0 unspecified atom stereocenters. The first-order valence-electron chi connectivity index (χ1n) is 8.16.